The second-order valence-corrected chi connectivity index (χ2v) is 8.02. The minimum Gasteiger partial charge on any atom is -0.512 e. The molecule has 0 saturated heterocycles. The molecule has 3 aromatic heterocycles. The number of aliphatic hydroxyl groups excluding tert-OH is 1. The lowest BCUT2D eigenvalue weighted by Crippen LogP contribution is -2.01. The van der Waals surface area contributed by atoms with E-state index in [9.17, 15) is 5.11 Å². The van der Waals surface area contributed by atoms with E-state index in [1.165, 1.54) is 11.1 Å². The minimum absolute atomic E-state index is 0.252. The van der Waals surface area contributed by atoms with Crippen LogP contribution in [0.25, 0.3) is 16.6 Å². The molecule has 1 unspecified atom stereocenters. The highest BCUT2D eigenvalue weighted by atomic mass is 16.3. The molecular weight excluding hydrogens is 370 g/mol. The number of fused-ring (bicyclic) bond motifs is 1. The van der Waals surface area contributed by atoms with Gasteiger partial charge in [0.25, 0.3) is 0 Å². The summed E-state index contributed by atoms with van der Waals surface area (Å²) in [4.78, 5) is 9.34. The van der Waals surface area contributed by atoms with Crippen molar-refractivity contribution in [1.29, 1.82) is 0 Å². The van der Waals surface area contributed by atoms with Gasteiger partial charge in [0, 0.05) is 41.2 Å². The molecule has 0 amide bonds. The van der Waals surface area contributed by atoms with Crippen molar-refractivity contribution in [3.05, 3.63) is 101 Å². The predicted octanol–water partition coefficient (Wildman–Crippen LogP) is 6.33. The van der Waals surface area contributed by atoms with Crippen LogP contribution in [0.5, 0.6) is 0 Å². The van der Waals surface area contributed by atoms with Crippen molar-refractivity contribution in [3.63, 3.8) is 0 Å². The lowest BCUT2D eigenvalue weighted by Gasteiger charge is -2.14. The van der Waals surface area contributed by atoms with Crippen LogP contribution in [0.3, 0.4) is 0 Å². The van der Waals surface area contributed by atoms with Crippen LogP contribution < -0.4 is 0 Å². The van der Waals surface area contributed by atoms with Crippen molar-refractivity contribution in [2.24, 2.45) is 0 Å². The zero-order chi connectivity index (χ0) is 21.3. The Bertz CT molecular complexity index is 1190. The fourth-order valence-corrected chi connectivity index (χ4v) is 4.12. The van der Waals surface area contributed by atoms with Crippen LogP contribution in [0.15, 0.2) is 84.6 Å². The molecule has 1 aliphatic rings. The van der Waals surface area contributed by atoms with Gasteiger partial charge < -0.3 is 9.67 Å². The number of hydrogen-bond acceptors (Lipinski definition) is 3. The maximum Gasteiger partial charge on any atom is 0.0972 e. The number of allylic oxidation sites excluding steroid dienone is 7. The number of hydrogen-bond donors (Lipinski definition) is 1. The van der Waals surface area contributed by atoms with Crippen LogP contribution in [0.1, 0.15) is 49.9 Å². The number of aromatic nitrogens is 3. The summed E-state index contributed by atoms with van der Waals surface area (Å²) in [5.74, 6) is 0.554. The van der Waals surface area contributed by atoms with Crippen molar-refractivity contribution in [3.8, 4) is 0 Å². The zero-order valence-corrected chi connectivity index (χ0v) is 17.8. The Balaban J connectivity index is 1.87. The van der Waals surface area contributed by atoms with Crippen molar-refractivity contribution in [1.82, 2.24) is 14.5 Å². The Kier molecular flexibility index (Phi) is 5.40. The Morgan fingerprint density at radius 3 is 2.73 bits per heavy atom. The smallest absolute Gasteiger partial charge is 0.0972 e. The maximum atomic E-state index is 10.2. The van der Waals surface area contributed by atoms with Gasteiger partial charge in [0.05, 0.1) is 29.0 Å². The van der Waals surface area contributed by atoms with Gasteiger partial charge in [-0.15, -0.1) is 0 Å². The van der Waals surface area contributed by atoms with Crippen molar-refractivity contribution in [2.75, 3.05) is 0 Å². The highest BCUT2D eigenvalue weighted by Crippen LogP contribution is 2.35. The molecule has 152 valence electrons. The van der Waals surface area contributed by atoms with Crippen LogP contribution in [-0.4, -0.2) is 19.6 Å². The van der Waals surface area contributed by atoms with Gasteiger partial charge in [-0.3, -0.25) is 9.97 Å². The van der Waals surface area contributed by atoms with Gasteiger partial charge >= 0.3 is 0 Å². The van der Waals surface area contributed by atoms with Gasteiger partial charge in [-0.25, -0.2) is 0 Å². The van der Waals surface area contributed by atoms with Crippen LogP contribution in [0, 0.1) is 0 Å². The molecule has 30 heavy (non-hydrogen) atoms. The van der Waals surface area contributed by atoms with Gasteiger partial charge in [0.2, 0.25) is 0 Å². The number of nitrogens with zero attached hydrogens (tertiary/aromatic N) is 3. The molecule has 1 atom stereocenters. The van der Waals surface area contributed by atoms with Crippen molar-refractivity contribution >= 4 is 16.6 Å². The van der Waals surface area contributed by atoms with E-state index < -0.39 is 0 Å². The highest BCUT2D eigenvalue weighted by molar-refractivity contribution is 5.87. The molecule has 0 bridgehead atoms. The zero-order valence-electron chi connectivity index (χ0n) is 17.8. The summed E-state index contributed by atoms with van der Waals surface area (Å²) in [7, 11) is 0. The predicted molar refractivity (Wildman–Crippen MR) is 123 cm³/mol. The van der Waals surface area contributed by atoms with Crippen molar-refractivity contribution in [2.45, 2.75) is 39.7 Å². The molecule has 1 N–H and O–H groups in total. The quantitative estimate of drug-likeness (QED) is 0.404. The Hall–Kier alpha value is -3.40. The molecule has 4 heteroatoms. The number of rotatable bonds is 5. The molecule has 4 rings (SSSR count). The summed E-state index contributed by atoms with van der Waals surface area (Å²) >= 11 is 0. The maximum absolute atomic E-state index is 10.2. The monoisotopic (exact) mass is 397 g/mol. The first-order chi connectivity index (χ1) is 14.4. The number of aliphatic hydroxyl groups is 1. The topological polar surface area (TPSA) is 50.9 Å². The summed E-state index contributed by atoms with van der Waals surface area (Å²) in [5, 5.41) is 10.2. The molecule has 4 nitrogen and oxygen atoms in total. The van der Waals surface area contributed by atoms with E-state index in [1.807, 2.05) is 37.5 Å². The summed E-state index contributed by atoms with van der Waals surface area (Å²) in [5.41, 5.74) is 7.97. The molecule has 3 heterocycles. The van der Waals surface area contributed by atoms with Crippen LogP contribution >= 0.6 is 0 Å². The van der Waals surface area contributed by atoms with Crippen LogP contribution in [-0.2, 0) is 6.54 Å². The lowest BCUT2D eigenvalue weighted by atomic mass is 9.91. The van der Waals surface area contributed by atoms with Crippen molar-refractivity contribution < 1.29 is 5.11 Å². The largest absolute Gasteiger partial charge is 0.512 e. The van der Waals surface area contributed by atoms with E-state index in [-0.39, 0.29) is 5.76 Å². The first-order valence-electron chi connectivity index (χ1n) is 10.2. The molecule has 0 saturated carbocycles. The second kappa shape index (κ2) is 8.15. The van der Waals surface area contributed by atoms with Gasteiger partial charge in [-0.2, -0.15) is 0 Å². The Labute approximate surface area is 177 Å². The van der Waals surface area contributed by atoms with E-state index >= 15 is 0 Å². The molecule has 0 fully saturated rings. The summed E-state index contributed by atoms with van der Waals surface area (Å²) in [6.07, 6.45) is 13.6. The fraction of sp³-hybridized carbons (Fsp3) is 0.231. The third-order valence-corrected chi connectivity index (χ3v) is 5.57. The second-order valence-electron chi connectivity index (χ2n) is 8.02. The van der Waals surface area contributed by atoms with Gasteiger partial charge in [-0.05, 0) is 51.0 Å². The first kappa shape index (κ1) is 19.9. The first-order valence-corrected chi connectivity index (χ1v) is 10.2. The average Bonchev–Trinajstić information content (AvgIpc) is 3.07. The van der Waals surface area contributed by atoms with E-state index in [0.717, 1.165) is 39.9 Å². The van der Waals surface area contributed by atoms with E-state index in [1.54, 1.807) is 6.92 Å². The average molecular weight is 398 g/mol. The Morgan fingerprint density at radius 1 is 1.27 bits per heavy atom. The summed E-state index contributed by atoms with van der Waals surface area (Å²) < 4.78 is 2.21. The van der Waals surface area contributed by atoms with Gasteiger partial charge in [-0.1, -0.05) is 36.4 Å². The molecule has 0 aliphatic heterocycles. The molecule has 0 spiro atoms. The number of pyridine rings is 2. The third-order valence-electron chi connectivity index (χ3n) is 5.57. The normalized spacial score (nSPS) is 17.0. The third kappa shape index (κ3) is 3.86. The van der Waals surface area contributed by atoms with E-state index in [0.29, 0.717) is 12.5 Å². The molecule has 0 aromatic carbocycles. The molecular formula is C26H27N3O. The van der Waals surface area contributed by atoms with E-state index in [4.69, 9.17) is 4.98 Å². The molecule has 3 aromatic rings. The fourth-order valence-electron chi connectivity index (χ4n) is 4.12. The summed E-state index contributed by atoms with van der Waals surface area (Å²) in [6, 6.07) is 8.07. The molecule has 0 radical (unpaired) electrons. The lowest BCUT2D eigenvalue weighted by molar-refractivity contribution is 0.417. The SMILES string of the molecule is C=C(C)/C(=C(/C)O)c1cnc2c(C3C=CC(C)=CC3)cn(Cc3ccccn3)c2c1. The van der Waals surface area contributed by atoms with E-state index in [2.05, 4.69) is 53.5 Å². The van der Waals surface area contributed by atoms with Crippen LogP contribution in [0.4, 0.5) is 0 Å². The van der Waals surface area contributed by atoms with Crippen LogP contribution in [0.2, 0.25) is 0 Å². The van der Waals surface area contributed by atoms with Gasteiger partial charge in [0.15, 0.2) is 0 Å². The molecule has 1 aliphatic carbocycles. The summed E-state index contributed by atoms with van der Waals surface area (Å²) in [6.45, 7) is 10.4. The highest BCUT2D eigenvalue weighted by Gasteiger charge is 2.20. The Morgan fingerprint density at radius 2 is 2.10 bits per heavy atom. The van der Waals surface area contributed by atoms with Gasteiger partial charge in [0.1, 0.15) is 0 Å². The standard InChI is InChI=1S/C26H27N3O/c1-17(2)25(19(4)30)21-13-24-26(28-14-21)23(20-10-8-18(3)9-11-20)16-29(24)15-22-7-5-6-12-27-22/h5-10,12-14,16,20,30H,1,11,15H2,2-4H3/b25-19+. The minimum atomic E-state index is 0.252.